The van der Waals surface area contributed by atoms with Gasteiger partial charge in [0.05, 0.1) is 0 Å². The number of benzene rings is 1. The van der Waals surface area contributed by atoms with Crippen molar-refractivity contribution in [1.82, 2.24) is 0 Å². The molecule has 0 unspecified atom stereocenters. The molecular formula is C16H22O2. The zero-order valence-electron chi connectivity index (χ0n) is 11.7. The molecule has 0 aliphatic rings. The van der Waals surface area contributed by atoms with Crippen LogP contribution in [0.4, 0.5) is 0 Å². The first-order chi connectivity index (χ1) is 8.40. The van der Waals surface area contributed by atoms with Gasteiger partial charge in [-0.1, -0.05) is 52.0 Å². The van der Waals surface area contributed by atoms with Gasteiger partial charge in [0.2, 0.25) is 0 Å². The summed E-state index contributed by atoms with van der Waals surface area (Å²) < 4.78 is 0. The first-order valence-corrected chi connectivity index (χ1v) is 6.53. The Bertz CT molecular complexity index is 372. The summed E-state index contributed by atoms with van der Waals surface area (Å²) >= 11 is 0. The molecule has 1 rings (SSSR count). The highest BCUT2D eigenvalue weighted by atomic mass is 16.1. The third kappa shape index (κ3) is 4.44. The summed E-state index contributed by atoms with van der Waals surface area (Å²) in [6, 6.07) is 7.79. The Hall–Kier alpha value is -1.44. The molecule has 2 heteroatoms. The van der Waals surface area contributed by atoms with Crippen LogP contribution in [-0.2, 0) is 22.4 Å². The lowest BCUT2D eigenvalue weighted by Gasteiger charge is -2.07. The van der Waals surface area contributed by atoms with Crippen molar-refractivity contribution in [3.05, 3.63) is 35.4 Å². The molecule has 0 N–H and O–H groups in total. The Morgan fingerprint density at radius 3 is 1.28 bits per heavy atom. The van der Waals surface area contributed by atoms with Crippen molar-refractivity contribution >= 4 is 11.6 Å². The van der Waals surface area contributed by atoms with Crippen LogP contribution in [0.15, 0.2) is 24.3 Å². The largest absolute Gasteiger partial charge is 0.299 e. The van der Waals surface area contributed by atoms with E-state index in [-0.39, 0.29) is 23.4 Å². The average molecular weight is 246 g/mol. The van der Waals surface area contributed by atoms with E-state index in [2.05, 4.69) is 0 Å². The van der Waals surface area contributed by atoms with E-state index in [9.17, 15) is 9.59 Å². The van der Waals surface area contributed by atoms with Crippen LogP contribution in [0.25, 0.3) is 0 Å². The molecule has 0 saturated heterocycles. The van der Waals surface area contributed by atoms with Crippen molar-refractivity contribution in [3.8, 4) is 0 Å². The van der Waals surface area contributed by atoms with E-state index in [4.69, 9.17) is 0 Å². The first-order valence-electron chi connectivity index (χ1n) is 6.53. The molecule has 0 radical (unpaired) electrons. The Morgan fingerprint density at radius 1 is 0.778 bits per heavy atom. The monoisotopic (exact) mass is 246 g/mol. The van der Waals surface area contributed by atoms with Gasteiger partial charge in [-0.05, 0) is 11.1 Å². The maximum Gasteiger partial charge on any atom is 0.139 e. The fourth-order valence-electron chi connectivity index (χ4n) is 1.59. The zero-order chi connectivity index (χ0) is 13.7. The fraction of sp³-hybridized carbons (Fsp3) is 0.500. The third-order valence-corrected chi connectivity index (χ3v) is 3.07. The number of ketones is 2. The number of carbonyl (C=O) groups is 2. The van der Waals surface area contributed by atoms with Gasteiger partial charge >= 0.3 is 0 Å². The van der Waals surface area contributed by atoms with E-state index >= 15 is 0 Å². The van der Waals surface area contributed by atoms with Gasteiger partial charge in [-0.2, -0.15) is 0 Å². The Balaban J connectivity index is 2.63. The number of rotatable bonds is 6. The summed E-state index contributed by atoms with van der Waals surface area (Å²) in [6.07, 6.45) is 0.964. The van der Waals surface area contributed by atoms with Crippen LogP contribution in [0.2, 0.25) is 0 Å². The highest BCUT2D eigenvalue weighted by molar-refractivity contribution is 5.83. The third-order valence-electron chi connectivity index (χ3n) is 3.07. The minimum atomic E-state index is 0.0761. The van der Waals surface area contributed by atoms with E-state index in [0.717, 1.165) is 11.1 Å². The van der Waals surface area contributed by atoms with Gasteiger partial charge in [0.25, 0.3) is 0 Å². The van der Waals surface area contributed by atoms with Gasteiger partial charge < -0.3 is 0 Å². The molecule has 0 atom stereocenters. The van der Waals surface area contributed by atoms with E-state index in [0.29, 0.717) is 12.8 Å². The van der Waals surface area contributed by atoms with Gasteiger partial charge in [0.15, 0.2) is 0 Å². The van der Waals surface area contributed by atoms with Crippen LogP contribution in [0.3, 0.4) is 0 Å². The standard InChI is InChI=1S/C16H22O2/c1-11(2)15(17)9-13-5-7-14(8-6-13)10-16(18)12(3)4/h5-8,11-12H,9-10H2,1-4H3. The maximum absolute atomic E-state index is 11.6. The molecule has 18 heavy (non-hydrogen) atoms. The first kappa shape index (κ1) is 14.6. The summed E-state index contributed by atoms with van der Waals surface area (Å²) in [7, 11) is 0. The predicted octanol–water partition coefficient (Wildman–Crippen LogP) is 3.22. The molecular weight excluding hydrogens is 224 g/mol. The summed E-state index contributed by atoms with van der Waals surface area (Å²) in [6.45, 7) is 7.66. The Morgan fingerprint density at radius 2 is 1.06 bits per heavy atom. The van der Waals surface area contributed by atoms with E-state index in [1.165, 1.54) is 0 Å². The topological polar surface area (TPSA) is 34.1 Å². The molecule has 0 bridgehead atoms. The molecule has 1 aromatic carbocycles. The summed E-state index contributed by atoms with van der Waals surface area (Å²) in [5.74, 6) is 0.654. The lowest BCUT2D eigenvalue weighted by molar-refractivity contribution is -0.122. The minimum absolute atomic E-state index is 0.0761. The van der Waals surface area contributed by atoms with Gasteiger partial charge in [-0.15, -0.1) is 0 Å². The van der Waals surface area contributed by atoms with Crippen LogP contribution in [0, 0.1) is 11.8 Å². The number of carbonyl (C=O) groups excluding carboxylic acids is 2. The highest BCUT2D eigenvalue weighted by Crippen LogP contribution is 2.10. The van der Waals surface area contributed by atoms with Crippen LogP contribution in [0.5, 0.6) is 0 Å². The maximum atomic E-state index is 11.6. The second-order valence-corrected chi connectivity index (χ2v) is 5.41. The van der Waals surface area contributed by atoms with Crippen molar-refractivity contribution in [1.29, 1.82) is 0 Å². The molecule has 0 fully saturated rings. The van der Waals surface area contributed by atoms with E-state index in [1.54, 1.807) is 0 Å². The van der Waals surface area contributed by atoms with Crippen LogP contribution in [0.1, 0.15) is 38.8 Å². The second-order valence-electron chi connectivity index (χ2n) is 5.41. The number of hydrogen-bond acceptors (Lipinski definition) is 2. The zero-order valence-corrected chi connectivity index (χ0v) is 11.7. The summed E-state index contributed by atoms with van der Waals surface area (Å²) in [5, 5.41) is 0. The molecule has 2 nitrogen and oxygen atoms in total. The second kappa shape index (κ2) is 6.48. The molecule has 0 spiro atoms. The van der Waals surface area contributed by atoms with Crippen LogP contribution < -0.4 is 0 Å². The fourth-order valence-corrected chi connectivity index (χ4v) is 1.59. The van der Waals surface area contributed by atoms with E-state index < -0.39 is 0 Å². The molecule has 98 valence electrons. The molecule has 0 saturated carbocycles. The predicted molar refractivity (Wildman–Crippen MR) is 73.5 cm³/mol. The van der Waals surface area contributed by atoms with Gasteiger partial charge in [0, 0.05) is 24.7 Å². The van der Waals surface area contributed by atoms with Crippen molar-refractivity contribution in [2.24, 2.45) is 11.8 Å². The molecule has 1 aromatic rings. The van der Waals surface area contributed by atoms with Gasteiger partial charge in [-0.3, -0.25) is 9.59 Å². The minimum Gasteiger partial charge on any atom is -0.299 e. The lowest BCUT2D eigenvalue weighted by Crippen LogP contribution is -2.11. The van der Waals surface area contributed by atoms with Gasteiger partial charge in [-0.25, -0.2) is 0 Å². The number of Topliss-reactive ketones (excluding diaryl/α,β-unsaturated/α-hetero) is 2. The molecule has 0 amide bonds. The number of hydrogen-bond donors (Lipinski definition) is 0. The Kier molecular flexibility index (Phi) is 5.26. The average Bonchev–Trinajstić information content (AvgIpc) is 2.31. The van der Waals surface area contributed by atoms with Crippen molar-refractivity contribution in [2.45, 2.75) is 40.5 Å². The Labute approximate surface area is 109 Å². The lowest BCUT2D eigenvalue weighted by atomic mass is 9.97. The molecule has 0 aromatic heterocycles. The molecule has 0 aliphatic carbocycles. The van der Waals surface area contributed by atoms with Crippen molar-refractivity contribution in [2.75, 3.05) is 0 Å². The summed E-state index contributed by atoms with van der Waals surface area (Å²) in [5.41, 5.74) is 2.05. The summed E-state index contributed by atoms with van der Waals surface area (Å²) in [4.78, 5) is 23.2. The quantitative estimate of drug-likeness (QED) is 0.772. The normalized spacial score (nSPS) is 11.0. The van der Waals surface area contributed by atoms with Crippen molar-refractivity contribution in [3.63, 3.8) is 0 Å². The van der Waals surface area contributed by atoms with Gasteiger partial charge in [0.1, 0.15) is 11.6 Å². The van der Waals surface area contributed by atoms with E-state index in [1.807, 2.05) is 52.0 Å². The SMILES string of the molecule is CC(C)C(=O)Cc1ccc(CC(=O)C(C)C)cc1. The smallest absolute Gasteiger partial charge is 0.139 e. The molecule has 0 heterocycles. The van der Waals surface area contributed by atoms with Crippen LogP contribution >= 0.6 is 0 Å². The highest BCUT2D eigenvalue weighted by Gasteiger charge is 2.10. The molecule has 0 aliphatic heterocycles. The van der Waals surface area contributed by atoms with Crippen LogP contribution in [-0.4, -0.2) is 11.6 Å². The van der Waals surface area contributed by atoms with Crippen molar-refractivity contribution < 1.29 is 9.59 Å².